The summed E-state index contributed by atoms with van der Waals surface area (Å²) >= 11 is 0. The lowest BCUT2D eigenvalue weighted by Crippen LogP contribution is -2.42. The molecule has 2 saturated carbocycles. The first kappa shape index (κ1) is 12.4. The van der Waals surface area contributed by atoms with Crippen LogP contribution in [0.5, 0.6) is 0 Å². The Labute approximate surface area is 99.8 Å². The number of aliphatic hydroxyl groups is 1. The van der Waals surface area contributed by atoms with Crippen LogP contribution < -0.4 is 5.32 Å². The maximum Gasteiger partial charge on any atom is 0.0692 e. The molecule has 94 valence electrons. The number of hydrogen-bond acceptors (Lipinski definition) is 2. The highest BCUT2D eigenvalue weighted by molar-refractivity contribution is 4.89. The van der Waals surface area contributed by atoms with Gasteiger partial charge in [-0.1, -0.05) is 26.7 Å². The van der Waals surface area contributed by atoms with E-state index in [1.807, 2.05) is 0 Å². The van der Waals surface area contributed by atoms with Crippen LogP contribution in [0.3, 0.4) is 0 Å². The van der Waals surface area contributed by atoms with Crippen LogP contribution in [0.1, 0.15) is 52.4 Å². The van der Waals surface area contributed by atoms with E-state index in [4.69, 9.17) is 0 Å². The Kier molecular flexibility index (Phi) is 4.26. The first-order chi connectivity index (χ1) is 7.68. The minimum Gasteiger partial charge on any atom is -0.392 e. The summed E-state index contributed by atoms with van der Waals surface area (Å²) in [6.45, 7) is 5.39. The molecule has 2 aliphatic rings. The maximum atomic E-state index is 10.1. The molecule has 2 heteroatoms. The largest absolute Gasteiger partial charge is 0.392 e. The topological polar surface area (TPSA) is 32.3 Å². The molecule has 2 nitrogen and oxygen atoms in total. The summed E-state index contributed by atoms with van der Waals surface area (Å²) in [5.74, 6) is 2.15. The molecule has 2 aliphatic carbocycles. The van der Waals surface area contributed by atoms with Gasteiger partial charge in [0.2, 0.25) is 0 Å². The van der Waals surface area contributed by atoms with Gasteiger partial charge in [0.1, 0.15) is 0 Å². The van der Waals surface area contributed by atoms with E-state index >= 15 is 0 Å². The first-order valence-electron chi connectivity index (χ1n) is 7.10. The van der Waals surface area contributed by atoms with Crippen molar-refractivity contribution < 1.29 is 5.11 Å². The number of hydrogen-bond donors (Lipinski definition) is 2. The van der Waals surface area contributed by atoms with Crippen molar-refractivity contribution in [3.63, 3.8) is 0 Å². The molecule has 0 aromatic heterocycles. The summed E-state index contributed by atoms with van der Waals surface area (Å²) in [5.41, 5.74) is 0. The van der Waals surface area contributed by atoms with E-state index in [9.17, 15) is 5.11 Å². The molecule has 2 rings (SSSR count). The summed E-state index contributed by atoms with van der Waals surface area (Å²) in [4.78, 5) is 0. The van der Waals surface area contributed by atoms with Gasteiger partial charge < -0.3 is 10.4 Å². The van der Waals surface area contributed by atoms with Gasteiger partial charge in [0, 0.05) is 12.6 Å². The zero-order chi connectivity index (χ0) is 11.5. The van der Waals surface area contributed by atoms with E-state index < -0.39 is 0 Å². The van der Waals surface area contributed by atoms with Crippen LogP contribution in [-0.2, 0) is 0 Å². The Morgan fingerprint density at radius 1 is 1.06 bits per heavy atom. The fourth-order valence-electron chi connectivity index (χ4n) is 3.17. The number of nitrogens with one attached hydrogen (secondary N) is 1. The SMILES string of the molecule is CC(C)C(NCC(O)C1CCCC1)C1CC1. The van der Waals surface area contributed by atoms with E-state index in [-0.39, 0.29) is 6.10 Å². The van der Waals surface area contributed by atoms with E-state index in [0.717, 1.165) is 12.5 Å². The third-order valence-electron chi connectivity index (χ3n) is 4.35. The second kappa shape index (κ2) is 5.50. The van der Waals surface area contributed by atoms with Gasteiger partial charge in [-0.25, -0.2) is 0 Å². The van der Waals surface area contributed by atoms with Crippen LogP contribution in [-0.4, -0.2) is 23.8 Å². The number of rotatable bonds is 6. The fourth-order valence-corrected chi connectivity index (χ4v) is 3.17. The van der Waals surface area contributed by atoms with Gasteiger partial charge in [-0.2, -0.15) is 0 Å². The Hall–Kier alpha value is -0.0800. The van der Waals surface area contributed by atoms with Gasteiger partial charge in [-0.05, 0) is 43.4 Å². The van der Waals surface area contributed by atoms with Crippen LogP contribution in [0, 0.1) is 17.8 Å². The lowest BCUT2D eigenvalue weighted by molar-refractivity contribution is 0.102. The monoisotopic (exact) mass is 225 g/mol. The van der Waals surface area contributed by atoms with Crippen molar-refractivity contribution in [1.82, 2.24) is 5.32 Å². The summed E-state index contributed by atoms with van der Waals surface area (Å²) in [6.07, 6.45) is 7.76. The molecule has 2 N–H and O–H groups in total. The molecule has 0 spiro atoms. The molecule has 0 bridgehead atoms. The first-order valence-corrected chi connectivity index (χ1v) is 7.10. The smallest absolute Gasteiger partial charge is 0.0692 e. The Balaban J connectivity index is 1.71. The Bertz CT molecular complexity index is 205. The van der Waals surface area contributed by atoms with Crippen LogP contribution in [0.25, 0.3) is 0 Å². The zero-order valence-corrected chi connectivity index (χ0v) is 10.8. The van der Waals surface area contributed by atoms with Gasteiger partial charge >= 0.3 is 0 Å². The van der Waals surface area contributed by atoms with Gasteiger partial charge in [0.05, 0.1) is 6.10 Å². The highest BCUT2D eigenvalue weighted by Crippen LogP contribution is 2.36. The predicted molar refractivity (Wildman–Crippen MR) is 67.3 cm³/mol. The molecular weight excluding hydrogens is 198 g/mol. The van der Waals surface area contributed by atoms with Gasteiger partial charge in [0.15, 0.2) is 0 Å². The molecular formula is C14H27NO. The quantitative estimate of drug-likeness (QED) is 0.728. The molecule has 0 heterocycles. The average Bonchev–Trinajstić information content (AvgIpc) is 2.93. The van der Waals surface area contributed by atoms with E-state index in [0.29, 0.717) is 17.9 Å². The molecule has 16 heavy (non-hydrogen) atoms. The third kappa shape index (κ3) is 3.21. The summed E-state index contributed by atoms with van der Waals surface area (Å²) in [5, 5.41) is 13.7. The fraction of sp³-hybridized carbons (Fsp3) is 1.00. The zero-order valence-electron chi connectivity index (χ0n) is 10.8. The van der Waals surface area contributed by atoms with Crippen molar-refractivity contribution in [2.24, 2.45) is 17.8 Å². The van der Waals surface area contributed by atoms with Crippen molar-refractivity contribution in [3.05, 3.63) is 0 Å². The van der Waals surface area contributed by atoms with Crippen LogP contribution >= 0.6 is 0 Å². The Morgan fingerprint density at radius 3 is 2.19 bits per heavy atom. The van der Waals surface area contributed by atoms with Crippen molar-refractivity contribution in [2.45, 2.75) is 64.5 Å². The molecule has 0 radical (unpaired) electrons. The predicted octanol–water partition coefficient (Wildman–Crippen LogP) is 2.56. The average molecular weight is 225 g/mol. The van der Waals surface area contributed by atoms with Crippen molar-refractivity contribution in [1.29, 1.82) is 0 Å². The lowest BCUT2D eigenvalue weighted by atomic mass is 9.97. The van der Waals surface area contributed by atoms with Gasteiger partial charge in [-0.15, -0.1) is 0 Å². The molecule has 0 aromatic carbocycles. The van der Waals surface area contributed by atoms with Crippen molar-refractivity contribution in [3.8, 4) is 0 Å². The molecule has 2 fully saturated rings. The molecule has 0 saturated heterocycles. The highest BCUT2D eigenvalue weighted by atomic mass is 16.3. The van der Waals surface area contributed by atoms with Gasteiger partial charge in [0.25, 0.3) is 0 Å². The third-order valence-corrected chi connectivity index (χ3v) is 4.35. The van der Waals surface area contributed by atoms with E-state index in [2.05, 4.69) is 19.2 Å². The molecule has 0 amide bonds. The van der Waals surface area contributed by atoms with Crippen LogP contribution in [0.15, 0.2) is 0 Å². The molecule has 0 aromatic rings. The maximum absolute atomic E-state index is 10.1. The van der Waals surface area contributed by atoms with Gasteiger partial charge in [-0.3, -0.25) is 0 Å². The van der Waals surface area contributed by atoms with Crippen molar-refractivity contribution >= 4 is 0 Å². The normalized spacial score (nSPS) is 26.2. The van der Waals surface area contributed by atoms with E-state index in [1.165, 1.54) is 38.5 Å². The summed E-state index contributed by atoms with van der Waals surface area (Å²) in [6, 6.07) is 0.635. The minimum atomic E-state index is -0.109. The second-order valence-corrected chi connectivity index (χ2v) is 6.13. The molecule has 0 aliphatic heterocycles. The minimum absolute atomic E-state index is 0.109. The Morgan fingerprint density at radius 2 is 1.69 bits per heavy atom. The number of aliphatic hydroxyl groups excluding tert-OH is 1. The summed E-state index contributed by atoms with van der Waals surface area (Å²) in [7, 11) is 0. The standard InChI is InChI=1S/C14H27NO/c1-10(2)14(12-7-8-12)15-9-13(16)11-5-3-4-6-11/h10-16H,3-9H2,1-2H3. The van der Waals surface area contributed by atoms with E-state index in [1.54, 1.807) is 0 Å². The van der Waals surface area contributed by atoms with Crippen LogP contribution in [0.2, 0.25) is 0 Å². The van der Waals surface area contributed by atoms with Crippen molar-refractivity contribution in [2.75, 3.05) is 6.54 Å². The van der Waals surface area contributed by atoms with Crippen LogP contribution in [0.4, 0.5) is 0 Å². The summed E-state index contributed by atoms with van der Waals surface area (Å²) < 4.78 is 0. The lowest BCUT2D eigenvalue weighted by Gasteiger charge is -2.26. The molecule has 2 atom stereocenters. The highest BCUT2D eigenvalue weighted by Gasteiger charge is 2.33. The second-order valence-electron chi connectivity index (χ2n) is 6.13. The molecule has 2 unspecified atom stereocenters.